The maximum Gasteiger partial charge on any atom is 0.244 e. The SMILES string of the molecule is Cc1cnn(C2CN([C@H](C)C(=O)N3CC(=O)Nc4ccccc43)C2)c1. The first-order chi connectivity index (χ1) is 12.0. The van der Waals surface area contributed by atoms with Crippen molar-refractivity contribution >= 4 is 23.2 Å². The van der Waals surface area contributed by atoms with Gasteiger partial charge < -0.3 is 5.32 Å². The second kappa shape index (κ2) is 6.00. The molecular formula is C18H21N5O2. The van der Waals surface area contributed by atoms with Crippen molar-refractivity contribution in [3.63, 3.8) is 0 Å². The molecule has 0 unspecified atom stereocenters. The Hall–Kier alpha value is -2.67. The minimum atomic E-state index is -0.271. The van der Waals surface area contributed by atoms with Gasteiger partial charge in [-0.3, -0.25) is 24.1 Å². The van der Waals surface area contributed by atoms with Crippen LogP contribution in [0, 0.1) is 6.92 Å². The zero-order chi connectivity index (χ0) is 17.6. The van der Waals surface area contributed by atoms with Gasteiger partial charge in [0.2, 0.25) is 11.8 Å². The number of nitrogens with zero attached hydrogens (tertiary/aromatic N) is 4. The molecule has 25 heavy (non-hydrogen) atoms. The van der Waals surface area contributed by atoms with Crippen molar-refractivity contribution in [3.8, 4) is 0 Å². The molecule has 130 valence electrons. The van der Waals surface area contributed by atoms with E-state index in [1.165, 1.54) is 0 Å². The third kappa shape index (κ3) is 2.80. The highest BCUT2D eigenvalue weighted by Crippen LogP contribution is 2.31. The topological polar surface area (TPSA) is 70.5 Å². The van der Waals surface area contributed by atoms with Crippen molar-refractivity contribution in [1.82, 2.24) is 14.7 Å². The molecule has 1 atom stereocenters. The number of carbonyl (C=O) groups is 2. The zero-order valence-corrected chi connectivity index (χ0v) is 14.3. The van der Waals surface area contributed by atoms with Gasteiger partial charge in [-0.15, -0.1) is 0 Å². The summed E-state index contributed by atoms with van der Waals surface area (Å²) >= 11 is 0. The lowest BCUT2D eigenvalue weighted by Crippen LogP contribution is -2.58. The molecule has 4 rings (SSSR count). The highest BCUT2D eigenvalue weighted by atomic mass is 16.2. The van der Waals surface area contributed by atoms with Crippen molar-refractivity contribution in [2.24, 2.45) is 0 Å². The highest BCUT2D eigenvalue weighted by Gasteiger charge is 2.38. The van der Waals surface area contributed by atoms with Gasteiger partial charge in [0.15, 0.2) is 0 Å². The van der Waals surface area contributed by atoms with E-state index in [0.717, 1.165) is 24.3 Å². The van der Waals surface area contributed by atoms with Gasteiger partial charge in [0.1, 0.15) is 6.54 Å². The number of fused-ring (bicyclic) bond motifs is 1. The average Bonchev–Trinajstić information content (AvgIpc) is 2.97. The van der Waals surface area contributed by atoms with Crippen LogP contribution in [0.25, 0.3) is 0 Å². The molecule has 1 aromatic heterocycles. The lowest BCUT2D eigenvalue weighted by molar-refractivity contribution is -0.127. The molecule has 1 N–H and O–H groups in total. The number of likely N-dealkylation sites (tertiary alicyclic amines) is 1. The maximum absolute atomic E-state index is 13.0. The summed E-state index contributed by atoms with van der Waals surface area (Å²) in [7, 11) is 0. The first kappa shape index (κ1) is 15.8. The normalized spacial score (nSPS) is 19.1. The van der Waals surface area contributed by atoms with E-state index in [0.29, 0.717) is 11.7 Å². The van der Waals surface area contributed by atoms with E-state index in [-0.39, 0.29) is 24.4 Å². The second-order valence-corrected chi connectivity index (χ2v) is 6.77. The summed E-state index contributed by atoms with van der Waals surface area (Å²) in [6.07, 6.45) is 3.88. The van der Waals surface area contributed by atoms with Crippen LogP contribution in [0.3, 0.4) is 0 Å². The van der Waals surface area contributed by atoms with Crippen LogP contribution in [0.5, 0.6) is 0 Å². The summed E-state index contributed by atoms with van der Waals surface area (Å²) in [5.41, 5.74) is 2.59. The molecule has 2 aromatic rings. The fourth-order valence-electron chi connectivity index (χ4n) is 3.42. The molecule has 2 aliphatic rings. The Kier molecular flexibility index (Phi) is 3.80. The van der Waals surface area contributed by atoms with Gasteiger partial charge in [0, 0.05) is 19.3 Å². The summed E-state index contributed by atoms with van der Waals surface area (Å²) < 4.78 is 1.96. The molecular weight excluding hydrogens is 318 g/mol. The van der Waals surface area contributed by atoms with E-state index in [1.54, 1.807) is 4.90 Å². The van der Waals surface area contributed by atoms with E-state index < -0.39 is 0 Å². The van der Waals surface area contributed by atoms with Crippen molar-refractivity contribution in [2.75, 3.05) is 29.9 Å². The Balaban J connectivity index is 1.46. The monoisotopic (exact) mass is 339 g/mol. The average molecular weight is 339 g/mol. The Morgan fingerprint density at radius 2 is 2.08 bits per heavy atom. The van der Waals surface area contributed by atoms with Crippen LogP contribution in [-0.2, 0) is 9.59 Å². The third-order valence-electron chi connectivity index (χ3n) is 4.94. The molecule has 2 aliphatic heterocycles. The van der Waals surface area contributed by atoms with Gasteiger partial charge in [0.05, 0.1) is 29.7 Å². The Bertz CT molecular complexity index is 824. The number of rotatable bonds is 3. The third-order valence-corrected chi connectivity index (χ3v) is 4.94. The number of benzene rings is 1. The lowest BCUT2D eigenvalue weighted by Gasteiger charge is -2.44. The zero-order valence-electron chi connectivity index (χ0n) is 14.3. The van der Waals surface area contributed by atoms with Crippen LogP contribution in [0.15, 0.2) is 36.7 Å². The maximum atomic E-state index is 13.0. The van der Waals surface area contributed by atoms with Gasteiger partial charge in [-0.05, 0) is 31.5 Å². The molecule has 3 heterocycles. The molecule has 2 amide bonds. The summed E-state index contributed by atoms with van der Waals surface area (Å²) in [4.78, 5) is 28.6. The van der Waals surface area contributed by atoms with Crippen molar-refractivity contribution < 1.29 is 9.59 Å². The molecule has 0 spiro atoms. The van der Waals surface area contributed by atoms with Gasteiger partial charge in [-0.2, -0.15) is 5.10 Å². The van der Waals surface area contributed by atoms with Crippen LogP contribution < -0.4 is 10.2 Å². The van der Waals surface area contributed by atoms with E-state index in [9.17, 15) is 9.59 Å². The van der Waals surface area contributed by atoms with E-state index in [2.05, 4.69) is 15.3 Å². The number of anilines is 2. The lowest BCUT2D eigenvalue weighted by atomic mass is 10.0. The van der Waals surface area contributed by atoms with E-state index in [4.69, 9.17) is 0 Å². The molecule has 7 heteroatoms. The van der Waals surface area contributed by atoms with Crippen LogP contribution in [0.4, 0.5) is 11.4 Å². The molecule has 1 aromatic carbocycles. The molecule has 0 aliphatic carbocycles. The smallest absolute Gasteiger partial charge is 0.244 e. The number of para-hydroxylation sites is 2. The summed E-state index contributed by atoms with van der Waals surface area (Å²) in [5.74, 6) is -0.204. The van der Waals surface area contributed by atoms with Crippen LogP contribution in [-0.4, -0.2) is 52.2 Å². The van der Waals surface area contributed by atoms with Gasteiger partial charge in [-0.25, -0.2) is 0 Å². The fourth-order valence-corrected chi connectivity index (χ4v) is 3.42. The largest absolute Gasteiger partial charge is 0.323 e. The molecule has 7 nitrogen and oxygen atoms in total. The quantitative estimate of drug-likeness (QED) is 0.918. The van der Waals surface area contributed by atoms with Crippen LogP contribution in [0.2, 0.25) is 0 Å². The standard InChI is InChI=1S/C18H21N5O2/c1-12-7-19-23(8-12)14-9-21(10-14)13(2)18(25)22-11-17(24)20-15-5-3-4-6-16(15)22/h3-8,13-14H,9-11H2,1-2H3,(H,20,24)/t13-/m1/s1. The Morgan fingerprint density at radius 3 is 2.80 bits per heavy atom. The number of carbonyl (C=O) groups excluding carboxylic acids is 2. The number of aryl methyl sites for hydroxylation is 1. The summed E-state index contributed by atoms with van der Waals surface area (Å²) in [5, 5.41) is 7.16. The first-order valence-corrected chi connectivity index (χ1v) is 8.48. The number of nitrogens with one attached hydrogen (secondary N) is 1. The number of amides is 2. The molecule has 1 fully saturated rings. The Labute approximate surface area is 146 Å². The van der Waals surface area contributed by atoms with E-state index >= 15 is 0 Å². The molecule has 1 saturated heterocycles. The number of hydrogen-bond acceptors (Lipinski definition) is 4. The fraction of sp³-hybridized carbons (Fsp3) is 0.389. The number of hydrogen-bond donors (Lipinski definition) is 1. The van der Waals surface area contributed by atoms with Gasteiger partial charge in [0.25, 0.3) is 0 Å². The summed E-state index contributed by atoms with van der Waals surface area (Å²) in [6.45, 7) is 5.56. The molecule has 0 saturated carbocycles. The van der Waals surface area contributed by atoms with Crippen molar-refractivity contribution in [1.29, 1.82) is 0 Å². The second-order valence-electron chi connectivity index (χ2n) is 6.77. The Morgan fingerprint density at radius 1 is 1.32 bits per heavy atom. The van der Waals surface area contributed by atoms with E-state index in [1.807, 2.05) is 55.2 Å². The van der Waals surface area contributed by atoms with Crippen LogP contribution >= 0.6 is 0 Å². The predicted molar refractivity (Wildman–Crippen MR) is 94.5 cm³/mol. The number of aromatic nitrogens is 2. The van der Waals surface area contributed by atoms with Crippen LogP contribution in [0.1, 0.15) is 18.5 Å². The minimum absolute atomic E-state index is 0.0441. The first-order valence-electron chi connectivity index (χ1n) is 8.48. The van der Waals surface area contributed by atoms with Crippen molar-refractivity contribution in [2.45, 2.75) is 25.9 Å². The van der Waals surface area contributed by atoms with Gasteiger partial charge >= 0.3 is 0 Å². The molecule has 0 bridgehead atoms. The van der Waals surface area contributed by atoms with Gasteiger partial charge in [-0.1, -0.05) is 12.1 Å². The minimum Gasteiger partial charge on any atom is -0.323 e. The highest BCUT2D eigenvalue weighted by molar-refractivity contribution is 6.11. The molecule has 0 radical (unpaired) electrons. The predicted octanol–water partition coefficient (Wildman–Crippen LogP) is 1.42. The summed E-state index contributed by atoms with van der Waals surface area (Å²) in [6, 6.07) is 7.44. The van der Waals surface area contributed by atoms with Crippen molar-refractivity contribution in [3.05, 3.63) is 42.2 Å².